The van der Waals surface area contributed by atoms with Gasteiger partial charge in [0.05, 0.1) is 37.8 Å². The van der Waals surface area contributed by atoms with Crippen LogP contribution in [0.1, 0.15) is 66.9 Å². The van der Waals surface area contributed by atoms with Gasteiger partial charge in [0.25, 0.3) is 5.91 Å². The van der Waals surface area contributed by atoms with Crippen LogP contribution in [0.2, 0.25) is 5.02 Å². The molecule has 3 aromatic carbocycles. The third-order valence-corrected chi connectivity index (χ3v) is 14.7. The highest BCUT2D eigenvalue weighted by Crippen LogP contribution is 2.40. The monoisotopic (exact) mass is 911 g/mol. The number of nitrogens with zero attached hydrogens (tertiary/aromatic N) is 6. The average Bonchev–Trinajstić information content (AvgIpc) is 3.63. The third-order valence-electron chi connectivity index (χ3n) is 12.9. The summed E-state index contributed by atoms with van der Waals surface area (Å²) in [5, 5.41) is 10.1. The van der Waals surface area contributed by atoms with Gasteiger partial charge in [-0.05, 0) is 94.3 Å². The van der Waals surface area contributed by atoms with E-state index in [1.54, 1.807) is 37.6 Å². The summed E-state index contributed by atoms with van der Waals surface area (Å²) in [6.45, 7) is 13.7. The van der Waals surface area contributed by atoms with Gasteiger partial charge < -0.3 is 39.4 Å². The normalized spacial score (nSPS) is 18.8. The van der Waals surface area contributed by atoms with Crippen molar-refractivity contribution in [2.45, 2.75) is 70.5 Å². The van der Waals surface area contributed by atoms with Crippen LogP contribution in [0.3, 0.4) is 0 Å². The summed E-state index contributed by atoms with van der Waals surface area (Å²) in [5.74, 6) is 1.30. The van der Waals surface area contributed by atoms with E-state index in [-0.39, 0.29) is 18.2 Å². The van der Waals surface area contributed by atoms with E-state index in [9.17, 15) is 18.9 Å². The van der Waals surface area contributed by atoms with Crippen LogP contribution in [-0.2, 0) is 27.1 Å². The van der Waals surface area contributed by atoms with Gasteiger partial charge in [-0.25, -0.2) is 4.98 Å². The van der Waals surface area contributed by atoms with Gasteiger partial charge in [-0.1, -0.05) is 36.7 Å². The van der Waals surface area contributed by atoms with Crippen LogP contribution in [0.5, 0.6) is 11.5 Å². The van der Waals surface area contributed by atoms with Crippen LogP contribution >= 0.6 is 18.7 Å². The molecule has 4 aliphatic rings. The first-order valence-electron chi connectivity index (χ1n) is 22.4. The Morgan fingerprint density at radius 3 is 2.44 bits per heavy atom. The Hall–Kier alpha value is -5.21. The molecule has 1 aromatic heterocycles. The molecule has 340 valence electrons. The number of ether oxygens (including phenoxy) is 2. The fourth-order valence-electron chi connectivity index (χ4n) is 9.38. The van der Waals surface area contributed by atoms with Crippen molar-refractivity contribution in [1.82, 2.24) is 30.0 Å². The van der Waals surface area contributed by atoms with Crippen molar-refractivity contribution in [3.05, 3.63) is 82.5 Å². The summed E-state index contributed by atoms with van der Waals surface area (Å²) in [4.78, 5) is 55.7. The van der Waals surface area contributed by atoms with Gasteiger partial charge in [0.15, 0.2) is 5.82 Å². The molecule has 3 amide bonds. The number of aryl methyl sites for hydroxylation is 1. The van der Waals surface area contributed by atoms with Crippen molar-refractivity contribution < 1.29 is 28.4 Å². The zero-order valence-electron chi connectivity index (χ0n) is 37.2. The lowest BCUT2D eigenvalue weighted by Crippen LogP contribution is -2.53. The summed E-state index contributed by atoms with van der Waals surface area (Å²) in [7, 11) is -0.872. The van der Waals surface area contributed by atoms with Crippen LogP contribution in [0.15, 0.2) is 60.8 Å². The van der Waals surface area contributed by atoms with Crippen molar-refractivity contribution >= 4 is 70.6 Å². The van der Waals surface area contributed by atoms with Gasteiger partial charge in [-0.2, -0.15) is 4.98 Å². The van der Waals surface area contributed by atoms with Gasteiger partial charge in [0.2, 0.25) is 17.8 Å². The number of carbonyl (C=O) groups is 3. The number of piperidine rings is 2. The highest BCUT2D eigenvalue weighted by molar-refractivity contribution is 7.70. The number of hydrogen-bond donors (Lipinski definition) is 3. The Morgan fingerprint density at radius 2 is 1.70 bits per heavy atom. The third kappa shape index (κ3) is 10.2. The first-order chi connectivity index (χ1) is 30.9. The van der Waals surface area contributed by atoms with Crippen molar-refractivity contribution in [2.24, 2.45) is 0 Å². The number of fused-ring (bicyclic) bond motifs is 1. The van der Waals surface area contributed by atoms with E-state index >= 15 is 0 Å². The van der Waals surface area contributed by atoms with Gasteiger partial charge in [-0.15, -0.1) is 0 Å². The minimum Gasteiger partial charge on any atom is -0.494 e. The number of nitrogens with one attached hydrogen (secondary N) is 3. The molecule has 8 rings (SSSR count). The zero-order valence-corrected chi connectivity index (χ0v) is 38.9. The number of methoxy groups -OCH3 is 1. The summed E-state index contributed by atoms with van der Waals surface area (Å²) in [6, 6.07) is 17.3. The van der Waals surface area contributed by atoms with Crippen LogP contribution in [0.4, 0.5) is 28.8 Å². The van der Waals surface area contributed by atoms with Gasteiger partial charge in [0.1, 0.15) is 29.7 Å². The molecule has 1 unspecified atom stereocenters. The number of carbonyl (C=O) groups excluding carboxylic acids is 3. The quantitative estimate of drug-likeness (QED) is 0.0624. The number of anilines is 5. The molecule has 0 aliphatic carbocycles. The molecule has 0 saturated carbocycles. The maximum atomic E-state index is 13.2. The van der Waals surface area contributed by atoms with Crippen molar-refractivity contribution in [3.8, 4) is 11.5 Å². The number of benzene rings is 3. The first kappa shape index (κ1) is 45.4. The number of rotatable bonds is 16. The van der Waals surface area contributed by atoms with E-state index in [0.29, 0.717) is 65.2 Å². The number of aromatic nitrogens is 2. The fraction of sp³-hybridized carbons (Fsp3) is 0.468. The Morgan fingerprint density at radius 1 is 0.922 bits per heavy atom. The Bertz CT molecular complexity index is 2390. The summed E-state index contributed by atoms with van der Waals surface area (Å²) in [6.07, 6.45) is 7.03. The number of imide groups is 1. The number of piperazine rings is 1. The SMILES string of the molecule is CCc1cc(N2CCC(N3CCN(CCCCOc4cccc5c4CN(C4CCC(=O)NC4=O)C5=O)CC3)CC2)cc(OC)c1Nc1ncc(Cl)c(Nc2ccccc2P(C)(C)=O)n1. The van der Waals surface area contributed by atoms with E-state index in [1.807, 2.05) is 36.4 Å². The standard InChI is InChI=1S/C47H59ClN9O6P/c1-5-31-27-33(28-40(62-2)43(31)52-47-49-29-36(48)44(53-47)50-37-12-6-7-14-41(37)64(3,4)61)55-20-17-32(18-21-55)56-24-22-54(23-25-56)19-8-9-26-63-39-13-10-11-34-35(39)30-57(46(34)60)38-15-16-42(58)51-45(38)59/h6-7,10-14,27-29,32,38H,5,8-9,15-26,30H2,1-4H3,(H,51,58,59)(H2,49,50,52,53). The molecule has 1 atom stereocenters. The van der Waals surface area contributed by atoms with E-state index in [0.717, 1.165) is 106 Å². The summed E-state index contributed by atoms with van der Waals surface area (Å²) in [5.41, 5.74) is 5.12. The molecule has 0 spiro atoms. The lowest BCUT2D eigenvalue weighted by Gasteiger charge is -2.43. The molecule has 0 bridgehead atoms. The highest BCUT2D eigenvalue weighted by Gasteiger charge is 2.40. The van der Waals surface area contributed by atoms with E-state index < -0.39 is 19.1 Å². The number of halogens is 1. The average molecular weight is 912 g/mol. The van der Waals surface area contributed by atoms with Gasteiger partial charge in [0, 0.05) is 79.9 Å². The maximum absolute atomic E-state index is 13.2. The van der Waals surface area contributed by atoms with Gasteiger partial charge in [-0.3, -0.25) is 24.6 Å². The molecular formula is C47H59ClN9O6P. The lowest BCUT2D eigenvalue weighted by atomic mass is 10.0. The predicted octanol–water partition coefficient (Wildman–Crippen LogP) is 6.64. The second-order valence-corrected chi connectivity index (χ2v) is 21.0. The zero-order chi connectivity index (χ0) is 45.0. The first-order valence-corrected chi connectivity index (χ1v) is 25.4. The van der Waals surface area contributed by atoms with Crippen LogP contribution in [0, 0.1) is 0 Å². The van der Waals surface area contributed by atoms with Crippen LogP contribution in [-0.4, -0.2) is 127 Å². The van der Waals surface area contributed by atoms with Crippen molar-refractivity contribution in [3.63, 3.8) is 0 Å². The van der Waals surface area contributed by atoms with Gasteiger partial charge >= 0.3 is 0 Å². The molecule has 64 heavy (non-hydrogen) atoms. The number of unbranched alkanes of at least 4 members (excludes halogenated alkanes) is 1. The molecule has 5 heterocycles. The minimum absolute atomic E-state index is 0.187. The number of amides is 3. The summed E-state index contributed by atoms with van der Waals surface area (Å²) < 4.78 is 25.1. The van der Waals surface area contributed by atoms with E-state index in [1.165, 1.54) is 0 Å². The molecule has 3 saturated heterocycles. The van der Waals surface area contributed by atoms with E-state index in [4.69, 9.17) is 26.1 Å². The second kappa shape index (κ2) is 19.9. The highest BCUT2D eigenvalue weighted by atomic mass is 35.5. The lowest BCUT2D eigenvalue weighted by molar-refractivity contribution is -0.136. The largest absolute Gasteiger partial charge is 0.494 e. The second-order valence-electron chi connectivity index (χ2n) is 17.4. The van der Waals surface area contributed by atoms with Crippen molar-refractivity contribution in [1.29, 1.82) is 0 Å². The number of hydrogen-bond acceptors (Lipinski definition) is 13. The van der Waals surface area contributed by atoms with Crippen LogP contribution in [0.25, 0.3) is 0 Å². The Balaban J connectivity index is 0.789. The molecular weight excluding hydrogens is 853 g/mol. The maximum Gasteiger partial charge on any atom is 0.255 e. The molecule has 4 aromatic rings. The molecule has 17 heteroatoms. The summed E-state index contributed by atoms with van der Waals surface area (Å²) >= 11 is 6.54. The topological polar surface area (TPSA) is 162 Å². The smallest absolute Gasteiger partial charge is 0.255 e. The predicted molar refractivity (Wildman–Crippen MR) is 252 cm³/mol. The molecule has 15 nitrogen and oxygen atoms in total. The van der Waals surface area contributed by atoms with E-state index in [2.05, 4.69) is 54.7 Å². The molecule has 3 N–H and O–H groups in total. The Labute approximate surface area is 380 Å². The number of para-hydroxylation sites is 1. The fourth-order valence-corrected chi connectivity index (χ4v) is 10.7. The molecule has 3 fully saturated rings. The molecule has 0 radical (unpaired) electrons. The minimum atomic E-state index is -2.56. The van der Waals surface area contributed by atoms with Crippen molar-refractivity contribution in [2.75, 3.05) is 88.4 Å². The van der Waals surface area contributed by atoms with Crippen LogP contribution < -0.4 is 35.6 Å². The Kier molecular flexibility index (Phi) is 14.1. The molecule has 4 aliphatic heterocycles.